The van der Waals surface area contributed by atoms with Crippen LogP contribution in [0.1, 0.15) is 13.3 Å². The minimum atomic E-state index is -3.14. The lowest BCUT2D eigenvalue weighted by Gasteiger charge is -2.32. The molecule has 1 heterocycles. The van der Waals surface area contributed by atoms with E-state index in [0.29, 0.717) is 6.42 Å². The van der Waals surface area contributed by atoms with E-state index in [2.05, 4.69) is 0 Å². The molecule has 0 bridgehead atoms. The van der Waals surface area contributed by atoms with Crippen molar-refractivity contribution in [2.75, 3.05) is 26.5 Å². The van der Waals surface area contributed by atoms with Crippen molar-refractivity contribution in [1.82, 2.24) is 0 Å². The summed E-state index contributed by atoms with van der Waals surface area (Å²) in [5.74, 6) is 0. The van der Waals surface area contributed by atoms with E-state index in [0.717, 1.165) is 0 Å². The average Bonchev–Trinajstić information content (AvgIpc) is 2.17. The number of rotatable bonds is 4. The highest BCUT2D eigenvalue weighted by molar-refractivity contribution is 7.69. The van der Waals surface area contributed by atoms with Gasteiger partial charge in [-0.15, -0.1) is 4.52 Å². The summed E-state index contributed by atoms with van der Waals surface area (Å²) in [5.41, 5.74) is -0.439. The normalized spacial score (nSPS) is 37.7. The molecule has 88 valence electrons. The summed E-state index contributed by atoms with van der Waals surface area (Å²) < 4.78 is 38.8. The van der Waals surface area contributed by atoms with Crippen LogP contribution in [0.2, 0.25) is 0 Å². The van der Waals surface area contributed by atoms with Gasteiger partial charge in [0, 0.05) is 4.20 Å². The second-order valence-corrected chi connectivity index (χ2v) is 7.15. The fourth-order valence-corrected chi connectivity index (χ4v) is 2.77. The molecule has 1 aliphatic rings. The summed E-state index contributed by atoms with van der Waals surface area (Å²) in [6.07, 6.45) is 0.688. The van der Waals surface area contributed by atoms with Crippen molar-refractivity contribution in [1.29, 1.82) is 0 Å². The van der Waals surface area contributed by atoms with Crippen LogP contribution >= 0.6 is 26.6 Å². The standard InChI is InChI=1S/C7H14ClFO4P2/c1-3-7(4-11-14(8)10)5-12-15(2,9)13-6-7/h3-6H2,1-2H3/q+2. The lowest BCUT2D eigenvalue weighted by Crippen LogP contribution is -2.39. The van der Waals surface area contributed by atoms with Crippen molar-refractivity contribution in [2.24, 2.45) is 5.41 Å². The van der Waals surface area contributed by atoms with Crippen LogP contribution in [-0.2, 0) is 18.1 Å². The van der Waals surface area contributed by atoms with E-state index in [4.69, 9.17) is 24.8 Å². The molecule has 0 aromatic rings. The Morgan fingerprint density at radius 1 is 1.60 bits per heavy atom. The molecule has 0 saturated carbocycles. The predicted octanol–water partition coefficient (Wildman–Crippen LogP) is 3.70. The van der Waals surface area contributed by atoms with Gasteiger partial charge in [-0.1, -0.05) is 6.92 Å². The van der Waals surface area contributed by atoms with Gasteiger partial charge in [0.05, 0.1) is 5.41 Å². The second kappa shape index (κ2) is 5.31. The fourth-order valence-electron chi connectivity index (χ4n) is 1.16. The maximum atomic E-state index is 13.3. The van der Waals surface area contributed by atoms with Crippen LogP contribution in [0, 0.1) is 5.41 Å². The molecule has 0 radical (unpaired) electrons. The van der Waals surface area contributed by atoms with Crippen LogP contribution in [0.3, 0.4) is 0 Å². The molecular formula is C7H14ClFO4P2+2. The Balaban J connectivity index is 2.52. The Labute approximate surface area is 94.7 Å². The van der Waals surface area contributed by atoms with Crippen molar-refractivity contribution >= 4 is 26.6 Å². The van der Waals surface area contributed by atoms with Crippen LogP contribution in [-0.4, -0.2) is 26.5 Å². The lowest BCUT2D eigenvalue weighted by molar-refractivity contribution is -0.0156. The van der Waals surface area contributed by atoms with Crippen LogP contribution in [0.25, 0.3) is 0 Å². The number of hydrogen-bond acceptors (Lipinski definition) is 4. The molecule has 8 heteroatoms. The first-order valence-corrected chi connectivity index (χ1v) is 8.55. The monoisotopic (exact) mass is 278 g/mol. The summed E-state index contributed by atoms with van der Waals surface area (Å²) in [5, 5.41) is 0. The zero-order valence-electron chi connectivity index (χ0n) is 8.61. The van der Waals surface area contributed by atoms with E-state index >= 15 is 0 Å². The summed E-state index contributed by atoms with van der Waals surface area (Å²) in [6, 6.07) is 0. The maximum Gasteiger partial charge on any atom is 0.633 e. The Morgan fingerprint density at radius 2 is 2.13 bits per heavy atom. The van der Waals surface area contributed by atoms with Gasteiger partial charge in [-0.2, -0.15) is 9.05 Å². The molecule has 0 aromatic carbocycles. The lowest BCUT2D eigenvalue weighted by atomic mass is 9.88. The Kier molecular flexibility index (Phi) is 4.85. The molecule has 1 rings (SSSR count). The highest BCUT2D eigenvalue weighted by Crippen LogP contribution is 2.63. The van der Waals surface area contributed by atoms with E-state index < -0.39 is 20.8 Å². The molecule has 0 amide bonds. The molecule has 15 heavy (non-hydrogen) atoms. The molecule has 1 fully saturated rings. The molecule has 0 N–H and O–H groups in total. The van der Waals surface area contributed by atoms with Crippen molar-refractivity contribution in [3.63, 3.8) is 0 Å². The van der Waals surface area contributed by atoms with Gasteiger partial charge >= 0.3 is 15.4 Å². The minimum absolute atomic E-state index is 0.155. The van der Waals surface area contributed by atoms with Crippen LogP contribution in [0.4, 0.5) is 4.20 Å². The van der Waals surface area contributed by atoms with E-state index in [-0.39, 0.29) is 19.8 Å². The topological polar surface area (TPSA) is 44.8 Å². The van der Waals surface area contributed by atoms with E-state index in [1.165, 1.54) is 6.66 Å². The largest absolute Gasteiger partial charge is 0.633 e. The SMILES string of the molecule is CCC1(CO[P+](=O)Cl)CO[P+](C)(F)OC1. The molecule has 1 saturated heterocycles. The quantitative estimate of drug-likeness (QED) is 0.736. The van der Waals surface area contributed by atoms with Crippen molar-refractivity contribution < 1.29 is 22.3 Å². The van der Waals surface area contributed by atoms with E-state index in [9.17, 15) is 8.76 Å². The molecule has 1 atom stereocenters. The van der Waals surface area contributed by atoms with Crippen molar-refractivity contribution in [2.45, 2.75) is 13.3 Å². The van der Waals surface area contributed by atoms with Gasteiger partial charge in [-0.05, 0) is 11.0 Å². The Bertz CT molecular complexity index is 241. The second-order valence-electron chi connectivity index (χ2n) is 3.63. The van der Waals surface area contributed by atoms with Crippen LogP contribution < -0.4 is 0 Å². The fraction of sp³-hybridized carbons (Fsp3) is 1.00. The summed E-state index contributed by atoms with van der Waals surface area (Å²) in [4.78, 5) is 0. The third-order valence-electron chi connectivity index (χ3n) is 2.42. The minimum Gasteiger partial charge on any atom is -0.173 e. The van der Waals surface area contributed by atoms with Gasteiger partial charge in [0.2, 0.25) is 11.2 Å². The molecule has 1 unspecified atom stereocenters. The van der Waals surface area contributed by atoms with Gasteiger partial charge in [0.25, 0.3) is 0 Å². The maximum absolute atomic E-state index is 13.3. The molecule has 0 spiro atoms. The highest BCUT2D eigenvalue weighted by Gasteiger charge is 2.50. The van der Waals surface area contributed by atoms with Gasteiger partial charge in [0.15, 0.2) is 0 Å². The smallest absolute Gasteiger partial charge is 0.173 e. The van der Waals surface area contributed by atoms with Gasteiger partial charge < -0.3 is 0 Å². The number of halogens is 2. The van der Waals surface area contributed by atoms with Crippen molar-refractivity contribution in [3.05, 3.63) is 0 Å². The molecule has 4 nitrogen and oxygen atoms in total. The Morgan fingerprint density at radius 3 is 2.53 bits per heavy atom. The van der Waals surface area contributed by atoms with Crippen LogP contribution in [0.5, 0.6) is 0 Å². The summed E-state index contributed by atoms with van der Waals surface area (Å²) >= 11 is 5.21. The van der Waals surface area contributed by atoms with Gasteiger partial charge in [-0.25, -0.2) is 0 Å². The van der Waals surface area contributed by atoms with Crippen molar-refractivity contribution in [3.8, 4) is 0 Å². The third-order valence-corrected chi connectivity index (χ3v) is 4.23. The first-order chi connectivity index (χ1) is 6.89. The number of hydrogen-bond donors (Lipinski definition) is 0. The molecule has 0 aromatic heterocycles. The predicted molar refractivity (Wildman–Crippen MR) is 58.0 cm³/mol. The Hall–Kier alpha value is 0.630. The first kappa shape index (κ1) is 13.7. The summed E-state index contributed by atoms with van der Waals surface area (Å²) in [7, 11) is -5.30. The zero-order valence-corrected chi connectivity index (χ0v) is 11.2. The van der Waals surface area contributed by atoms with E-state index in [1.807, 2.05) is 6.92 Å². The molecule has 0 aliphatic carbocycles. The average molecular weight is 279 g/mol. The molecular weight excluding hydrogens is 264 g/mol. The third kappa shape index (κ3) is 4.18. The first-order valence-electron chi connectivity index (χ1n) is 4.50. The van der Waals surface area contributed by atoms with Gasteiger partial charge in [-0.3, -0.25) is 0 Å². The zero-order chi connectivity index (χ0) is 11.5. The van der Waals surface area contributed by atoms with E-state index in [1.54, 1.807) is 0 Å². The summed E-state index contributed by atoms with van der Waals surface area (Å²) in [6.45, 7) is 3.81. The van der Waals surface area contributed by atoms with Crippen LogP contribution in [0.15, 0.2) is 0 Å². The highest BCUT2D eigenvalue weighted by atomic mass is 35.7. The molecule has 1 aliphatic heterocycles. The van der Waals surface area contributed by atoms with Gasteiger partial charge in [0.1, 0.15) is 26.5 Å².